The van der Waals surface area contributed by atoms with E-state index in [4.69, 9.17) is 5.73 Å². The summed E-state index contributed by atoms with van der Waals surface area (Å²) in [4.78, 5) is 12.8. The van der Waals surface area contributed by atoms with Crippen LogP contribution in [-0.4, -0.2) is 5.91 Å². The van der Waals surface area contributed by atoms with Gasteiger partial charge in [-0.25, -0.2) is 0 Å². The Hall–Kier alpha value is -0.850. The largest absolute Gasteiger partial charge is 0.399 e. The first-order valence-electron chi connectivity index (χ1n) is 5.58. The highest BCUT2D eigenvalue weighted by molar-refractivity contribution is 9.13. The third-order valence-corrected chi connectivity index (χ3v) is 5.91. The van der Waals surface area contributed by atoms with Crippen molar-refractivity contribution in [3.8, 4) is 0 Å². The molecule has 0 aliphatic carbocycles. The fraction of sp³-hybridized carbons (Fsp3) is 0.154. The number of hydrogen-bond donors (Lipinski definition) is 2. The van der Waals surface area contributed by atoms with E-state index in [1.54, 1.807) is 6.07 Å². The minimum Gasteiger partial charge on any atom is -0.399 e. The molecule has 0 bridgehead atoms. The molecule has 2 rings (SSSR count). The Balaban J connectivity index is 2.08. The van der Waals surface area contributed by atoms with Crippen molar-refractivity contribution in [2.24, 2.45) is 0 Å². The molecule has 1 amide bonds. The SMILES string of the molecule is CC(NC(=O)c1cc(Br)c(Br)s1)c1ccc(N)cc1. The van der Waals surface area contributed by atoms with E-state index in [9.17, 15) is 4.79 Å². The minimum atomic E-state index is -0.0827. The lowest BCUT2D eigenvalue weighted by atomic mass is 10.1. The first-order valence-corrected chi connectivity index (χ1v) is 7.98. The molecular weight excluding hydrogens is 392 g/mol. The molecule has 1 aromatic carbocycles. The van der Waals surface area contributed by atoms with Gasteiger partial charge in [-0.2, -0.15) is 0 Å². The van der Waals surface area contributed by atoms with Crippen LogP contribution in [0.15, 0.2) is 38.6 Å². The third-order valence-electron chi connectivity index (χ3n) is 2.65. The number of benzene rings is 1. The number of carbonyl (C=O) groups excluding carboxylic acids is 1. The van der Waals surface area contributed by atoms with Crippen LogP contribution >= 0.6 is 43.2 Å². The van der Waals surface area contributed by atoms with Crippen LogP contribution in [0.2, 0.25) is 0 Å². The topological polar surface area (TPSA) is 55.1 Å². The smallest absolute Gasteiger partial charge is 0.261 e. The number of carbonyl (C=O) groups is 1. The summed E-state index contributed by atoms with van der Waals surface area (Å²) < 4.78 is 1.81. The number of rotatable bonds is 3. The average molecular weight is 404 g/mol. The van der Waals surface area contributed by atoms with Crippen LogP contribution in [0.4, 0.5) is 5.69 Å². The van der Waals surface area contributed by atoms with Gasteiger partial charge in [-0.3, -0.25) is 4.79 Å². The maximum Gasteiger partial charge on any atom is 0.261 e. The van der Waals surface area contributed by atoms with E-state index in [0.29, 0.717) is 10.6 Å². The van der Waals surface area contributed by atoms with Crippen LogP contribution < -0.4 is 11.1 Å². The van der Waals surface area contributed by atoms with Crippen LogP contribution in [-0.2, 0) is 0 Å². The lowest BCUT2D eigenvalue weighted by Gasteiger charge is -2.13. The van der Waals surface area contributed by atoms with Crippen molar-refractivity contribution in [3.63, 3.8) is 0 Å². The number of halogens is 2. The van der Waals surface area contributed by atoms with Gasteiger partial charge in [-0.05, 0) is 62.5 Å². The van der Waals surface area contributed by atoms with Gasteiger partial charge in [0.15, 0.2) is 0 Å². The Morgan fingerprint density at radius 3 is 2.47 bits per heavy atom. The molecule has 3 N–H and O–H groups in total. The summed E-state index contributed by atoms with van der Waals surface area (Å²) in [5, 5.41) is 2.96. The van der Waals surface area contributed by atoms with Gasteiger partial charge in [0.25, 0.3) is 5.91 Å². The van der Waals surface area contributed by atoms with E-state index in [1.165, 1.54) is 11.3 Å². The Morgan fingerprint density at radius 2 is 1.95 bits per heavy atom. The van der Waals surface area contributed by atoms with Crippen LogP contribution in [0, 0.1) is 0 Å². The lowest BCUT2D eigenvalue weighted by molar-refractivity contribution is 0.0944. The summed E-state index contributed by atoms with van der Waals surface area (Å²) in [5.74, 6) is -0.0827. The van der Waals surface area contributed by atoms with Crippen LogP contribution in [0.1, 0.15) is 28.2 Å². The first kappa shape index (κ1) is 14.6. The molecule has 100 valence electrons. The Morgan fingerprint density at radius 1 is 1.32 bits per heavy atom. The molecule has 3 nitrogen and oxygen atoms in total. The van der Waals surface area contributed by atoms with Gasteiger partial charge in [0.05, 0.1) is 14.7 Å². The zero-order chi connectivity index (χ0) is 14.0. The zero-order valence-corrected chi connectivity index (χ0v) is 14.1. The second-order valence-electron chi connectivity index (χ2n) is 4.09. The first-order chi connectivity index (χ1) is 8.97. The third kappa shape index (κ3) is 3.58. The Bertz CT molecular complexity index is 576. The molecule has 0 fully saturated rings. The molecule has 19 heavy (non-hydrogen) atoms. The number of anilines is 1. The molecule has 0 saturated carbocycles. The zero-order valence-electron chi connectivity index (χ0n) is 10.1. The minimum absolute atomic E-state index is 0.0623. The molecule has 0 radical (unpaired) electrons. The second-order valence-corrected chi connectivity index (χ2v) is 7.32. The summed E-state index contributed by atoms with van der Waals surface area (Å²) >= 11 is 8.15. The number of nitrogens with one attached hydrogen (secondary N) is 1. The van der Waals surface area contributed by atoms with Crippen molar-refractivity contribution < 1.29 is 4.79 Å². The molecule has 0 saturated heterocycles. The Kier molecular flexibility index (Phi) is 4.65. The number of amides is 1. The highest BCUT2D eigenvalue weighted by atomic mass is 79.9. The number of hydrogen-bond acceptors (Lipinski definition) is 3. The average Bonchev–Trinajstić information content (AvgIpc) is 2.70. The molecule has 1 aromatic heterocycles. The Labute approximate surface area is 132 Å². The predicted molar refractivity (Wildman–Crippen MR) is 86.5 cm³/mol. The van der Waals surface area contributed by atoms with E-state index in [2.05, 4.69) is 37.2 Å². The van der Waals surface area contributed by atoms with Gasteiger partial charge in [0.2, 0.25) is 0 Å². The van der Waals surface area contributed by atoms with E-state index in [-0.39, 0.29) is 11.9 Å². The summed E-state index contributed by atoms with van der Waals surface area (Å²) in [5.41, 5.74) is 7.38. The van der Waals surface area contributed by atoms with Crippen molar-refractivity contribution in [2.75, 3.05) is 5.73 Å². The normalized spacial score (nSPS) is 12.2. The van der Waals surface area contributed by atoms with Crippen molar-refractivity contribution >= 4 is 54.8 Å². The van der Waals surface area contributed by atoms with Crippen LogP contribution in [0.5, 0.6) is 0 Å². The van der Waals surface area contributed by atoms with Gasteiger partial charge in [0, 0.05) is 10.2 Å². The number of nitrogens with two attached hydrogens (primary N) is 1. The summed E-state index contributed by atoms with van der Waals surface area (Å²) in [6.45, 7) is 1.95. The highest BCUT2D eigenvalue weighted by Gasteiger charge is 2.15. The van der Waals surface area contributed by atoms with Gasteiger partial charge in [0.1, 0.15) is 0 Å². The van der Waals surface area contributed by atoms with Crippen molar-refractivity contribution in [1.29, 1.82) is 0 Å². The molecule has 1 unspecified atom stereocenters. The van der Waals surface area contributed by atoms with E-state index >= 15 is 0 Å². The number of thiophene rings is 1. The molecule has 0 spiro atoms. The van der Waals surface area contributed by atoms with Crippen molar-refractivity contribution in [3.05, 3.63) is 49.0 Å². The second kappa shape index (κ2) is 6.07. The van der Waals surface area contributed by atoms with E-state index in [1.807, 2.05) is 31.2 Å². The van der Waals surface area contributed by atoms with Gasteiger partial charge in [-0.15, -0.1) is 11.3 Å². The summed E-state index contributed by atoms with van der Waals surface area (Å²) in [6, 6.07) is 9.24. The monoisotopic (exact) mass is 402 g/mol. The fourth-order valence-electron chi connectivity index (χ4n) is 1.59. The molecule has 1 heterocycles. The number of nitrogen functional groups attached to an aromatic ring is 1. The maximum atomic E-state index is 12.1. The molecule has 1 atom stereocenters. The standard InChI is InChI=1S/C13H12Br2N2OS/c1-7(8-2-4-9(16)5-3-8)17-13(18)11-6-10(14)12(15)19-11/h2-7H,16H2,1H3,(H,17,18). The van der Waals surface area contributed by atoms with Gasteiger partial charge < -0.3 is 11.1 Å². The van der Waals surface area contributed by atoms with Gasteiger partial charge >= 0.3 is 0 Å². The molecule has 6 heteroatoms. The quantitative estimate of drug-likeness (QED) is 0.748. The summed E-state index contributed by atoms with van der Waals surface area (Å²) in [7, 11) is 0. The van der Waals surface area contributed by atoms with Crippen LogP contribution in [0.3, 0.4) is 0 Å². The fourth-order valence-corrected chi connectivity index (χ4v) is 3.53. The van der Waals surface area contributed by atoms with E-state index in [0.717, 1.165) is 13.8 Å². The predicted octanol–water partition coefficient (Wildman–Crippen LogP) is 4.35. The molecule has 0 aliphatic rings. The van der Waals surface area contributed by atoms with Crippen LogP contribution in [0.25, 0.3) is 0 Å². The van der Waals surface area contributed by atoms with Crippen molar-refractivity contribution in [2.45, 2.75) is 13.0 Å². The van der Waals surface area contributed by atoms with Crippen molar-refractivity contribution in [1.82, 2.24) is 5.32 Å². The highest BCUT2D eigenvalue weighted by Crippen LogP contribution is 2.32. The summed E-state index contributed by atoms with van der Waals surface area (Å²) in [6.07, 6.45) is 0. The molecule has 0 aliphatic heterocycles. The lowest BCUT2D eigenvalue weighted by Crippen LogP contribution is -2.25. The van der Waals surface area contributed by atoms with E-state index < -0.39 is 0 Å². The molecule has 2 aromatic rings. The molecular formula is C13H12Br2N2OS. The van der Waals surface area contributed by atoms with Gasteiger partial charge in [-0.1, -0.05) is 12.1 Å². The maximum absolute atomic E-state index is 12.1.